The number of nitrogens with one attached hydrogen (secondary N) is 1. The third-order valence-corrected chi connectivity index (χ3v) is 5.20. The molecule has 1 aliphatic heterocycles. The maximum absolute atomic E-state index is 13.0. The van der Waals surface area contributed by atoms with Crippen LogP contribution in [0.15, 0.2) is 24.3 Å². The highest BCUT2D eigenvalue weighted by molar-refractivity contribution is 5.84. The van der Waals surface area contributed by atoms with Crippen LogP contribution in [0.4, 0.5) is 0 Å². The van der Waals surface area contributed by atoms with E-state index >= 15 is 0 Å². The Bertz CT molecular complexity index is 514. The number of rotatable bonds is 2. The topological polar surface area (TPSA) is 32.3 Å². The Morgan fingerprint density at radius 2 is 2.10 bits per heavy atom. The molecule has 1 aliphatic carbocycles. The molecule has 1 N–H and O–H groups in total. The van der Waals surface area contributed by atoms with E-state index in [0.29, 0.717) is 6.04 Å². The summed E-state index contributed by atoms with van der Waals surface area (Å²) in [6, 6.07) is 8.78. The Morgan fingerprint density at radius 1 is 1.29 bits per heavy atom. The van der Waals surface area contributed by atoms with Crippen molar-refractivity contribution in [3.05, 3.63) is 35.4 Å². The number of fused-ring (bicyclic) bond motifs is 1. The summed E-state index contributed by atoms with van der Waals surface area (Å²) in [7, 11) is 2.00. The van der Waals surface area contributed by atoms with Crippen LogP contribution in [-0.2, 0) is 11.3 Å². The Balaban J connectivity index is 1.76. The predicted molar refractivity (Wildman–Crippen MR) is 85.1 cm³/mol. The molecule has 3 rings (SSSR count). The average Bonchev–Trinajstić information content (AvgIpc) is 2.53. The SMILES string of the molecule is CC1CCCC(N(C)C(=O)C2CNCc3ccccc32)C1. The van der Waals surface area contributed by atoms with Gasteiger partial charge in [-0.15, -0.1) is 0 Å². The van der Waals surface area contributed by atoms with Crippen molar-refractivity contribution in [3.8, 4) is 0 Å². The largest absolute Gasteiger partial charge is 0.342 e. The van der Waals surface area contributed by atoms with Gasteiger partial charge >= 0.3 is 0 Å². The molecule has 1 amide bonds. The first-order valence-corrected chi connectivity index (χ1v) is 8.22. The maximum Gasteiger partial charge on any atom is 0.231 e. The molecule has 3 heteroatoms. The summed E-state index contributed by atoms with van der Waals surface area (Å²) in [6.45, 7) is 3.95. The zero-order chi connectivity index (χ0) is 14.8. The molecule has 0 spiro atoms. The van der Waals surface area contributed by atoms with Crippen LogP contribution in [-0.4, -0.2) is 30.4 Å². The van der Waals surface area contributed by atoms with Gasteiger partial charge in [0.2, 0.25) is 5.91 Å². The summed E-state index contributed by atoms with van der Waals surface area (Å²) in [5.74, 6) is 1.02. The van der Waals surface area contributed by atoms with Gasteiger partial charge in [0.1, 0.15) is 0 Å². The first kappa shape index (κ1) is 14.6. The molecular formula is C18H26N2O. The fraction of sp³-hybridized carbons (Fsp3) is 0.611. The average molecular weight is 286 g/mol. The van der Waals surface area contributed by atoms with E-state index in [-0.39, 0.29) is 11.8 Å². The van der Waals surface area contributed by atoms with Crippen molar-refractivity contribution in [2.75, 3.05) is 13.6 Å². The van der Waals surface area contributed by atoms with Crippen LogP contribution in [0, 0.1) is 5.92 Å². The smallest absolute Gasteiger partial charge is 0.231 e. The molecule has 3 atom stereocenters. The number of hydrogen-bond donors (Lipinski definition) is 1. The number of benzene rings is 1. The summed E-state index contributed by atoms with van der Waals surface area (Å²) >= 11 is 0. The minimum Gasteiger partial charge on any atom is -0.342 e. The molecule has 3 unspecified atom stereocenters. The van der Waals surface area contributed by atoms with Gasteiger partial charge in [0.05, 0.1) is 5.92 Å². The highest BCUT2D eigenvalue weighted by atomic mass is 16.2. The molecule has 0 radical (unpaired) electrons. The summed E-state index contributed by atoms with van der Waals surface area (Å²) in [4.78, 5) is 15.0. The first-order valence-electron chi connectivity index (χ1n) is 8.22. The number of nitrogens with zero attached hydrogens (tertiary/aromatic N) is 1. The van der Waals surface area contributed by atoms with Crippen molar-refractivity contribution >= 4 is 5.91 Å². The second-order valence-electron chi connectivity index (χ2n) is 6.76. The summed E-state index contributed by atoms with van der Waals surface area (Å²) < 4.78 is 0. The van der Waals surface area contributed by atoms with Gasteiger partial charge in [-0.1, -0.05) is 44.0 Å². The monoisotopic (exact) mass is 286 g/mol. The third kappa shape index (κ3) is 2.98. The first-order chi connectivity index (χ1) is 10.2. The van der Waals surface area contributed by atoms with E-state index in [1.54, 1.807) is 0 Å². The number of carbonyl (C=O) groups is 1. The zero-order valence-corrected chi connectivity index (χ0v) is 13.1. The van der Waals surface area contributed by atoms with Gasteiger partial charge < -0.3 is 10.2 Å². The van der Waals surface area contributed by atoms with Crippen molar-refractivity contribution < 1.29 is 4.79 Å². The van der Waals surface area contributed by atoms with Gasteiger partial charge in [-0.25, -0.2) is 0 Å². The summed E-state index contributed by atoms with van der Waals surface area (Å²) in [6.07, 6.45) is 4.88. The maximum atomic E-state index is 13.0. The van der Waals surface area contributed by atoms with Crippen molar-refractivity contribution in [2.45, 2.75) is 51.1 Å². The van der Waals surface area contributed by atoms with Crippen LogP contribution in [0.2, 0.25) is 0 Å². The molecule has 1 saturated carbocycles. The van der Waals surface area contributed by atoms with Crippen molar-refractivity contribution in [1.82, 2.24) is 10.2 Å². The highest BCUT2D eigenvalue weighted by Gasteiger charge is 2.32. The van der Waals surface area contributed by atoms with E-state index < -0.39 is 0 Å². The Kier molecular flexibility index (Phi) is 4.29. The van der Waals surface area contributed by atoms with E-state index in [4.69, 9.17) is 0 Å². The lowest BCUT2D eigenvalue weighted by Gasteiger charge is -2.37. The van der Waals surface area contributed by atoms with Gasteiger partial charge in [0, 0.05) is 26.2 Å². The molecule has 1 aromatic rings. The lowest BCUT2D eigenvalue weighted by atomic mass is 9.85. The third-order valence-electron chi connectivity index (χ3n) is 5.20. The minimum absolute atomic E-state index is 0.0165. The standard InChI is InChI=1S/C18H26N2O/c1-13-6-5-8-15(10-13)20(2)18(21)17-12-19-11-14-7-3-4-9-16(14)17/h3-4,7,9,13,15,17,19H,5-6,8,10-12H2,1-2H3. The lowest BCUT2D eigenvalue weighted by Crippen LogP contribution is -2.45. The Hall–Kier alpha value is -1.35. The Labute approximate surface area is 127 Å². The van der Waals surface area contributed by atoms with E-state index in [0.717, 1.165) is 31.8 Å². The van der Waals surface area contributed by atoms with Crippen LogP contribution >= 0.6 is 0 Å². The van der Waals surface area contributed by atoms with Crippen LogP contribution in [0.1, 0.15) is 49.7 Å². The van der Waals surface area contributed by atoms with Crippen molar-refractivity contribution in [2.24, 2.45) is 5.92 Å². The van der Waals surface area contributed by atoms with Gasteiger partial charge in [0.25, 0.3) is 0 Å². The molecule has 21 heavy (non-hydrogen) atoms. The number of amides is 1. The zero-order valence-electron chi connectivity index (χ0n) is 13.1. The second-order valence-corrected chi connectivity index (χ2v) is 6.76. The molecule has 1 aromatic carbocycles. The molecule has 3 nitrogen and oxygen atoms in total. The lowest BCUT2D eigenvalue weighted by molar-refractivity contribution is -0.134. The van der Waals surface area contributed by atoms with Gasteiger partial charge in [-0.05, 0) is 29.9 Å². The van der Waals surface area contributed by atoms with Crippen LogP contribution in [0.5, 0.6) is 0 Å². The number of carbonyl (C=O) groups excluding carboxylic acids is 1. The highest BCUT2D eigenvalue weighted by Crippen LogP contribution is 2.30. The van der Waals surface area contributed by atoms with Crippen LogP contribution in [0.3, 0.4) is 0 Å². The van der Waals surface area contributed by atoms with E-state index in [9.17, 15) is 4.79 Å². The summed E-state index contributed by atoms with van der Waals surface area (Å²) in [5, 5.41) is 3.39. The summed E-state index contributed by atoms with van der Waals surface area (Å²) in [5.41, 5.74) is 2.49. The molecule has 1 fully saturated rings. The van der Waals surface area contributed by atoms with Crippen LogP contribution < -0.4 is 5.32 Å². The van der Waals surface area contributed by atoms with E-state index in [2.05, 4.69) is 30.4 Å². The van der Waals surface area contributed by atoms with E-state index in [1.165, 1.54) is 24.0 Å². The predicted octanol–water partition coefficient (Wildman–Crippen LogP) is 2.91. The molecular weight excluding hydrogens is 260 g/mol. The van der Waals surface area contributed by atoms with Crippen molar-refractivity contribution in [3.63, 3.8) is 0 Å². The fourth-order valence-corrected chi connectivity index (χ4v) is 3.90. The fourth-order valence-electron chi connectivity index (χ4n) is 3.90. The Morgan fingerprint density at radius 3 is 2.90 bits per heavy atom. The number of likely N-dealkylation sites (N-methyl/N-ethyl adjacent to an activating group) is 1. The van der Waals surface area contributed by atoms with Gasteiger partial charge in [-0.3, -0.25) is 4.79 Å². The van der Waals surface area contributed by atoms with Crippen LogP contribution in [0.25, 0.3) is 0 Å². The number of hydrogen-bond acceptors (Lipinski definition) is 2. The molecule has 0 saturated heterocycles. The van der Waals surface area contributed by atoms with E-state index in [1.807, 2.05) is 18.0 Å². The van der Waals surface area contributed by atoms with Gasteiger partial charge in [-0.2, -0.15) is 0 Å². The minimum atomic E-state index is -0.0165. The van der Waals surface area contributed by atoms with Crippen molar-refractivity contribution in [1.29, 1.82) is 0 Å². The second kappa shape index (κ2) is 6.18. The molecule has 2 aliphatic rings. The molecule has 114 valence electrons. The quantitative estimate of drug-likeness (QED) is 0.906. The normalized spacial score (nSPS) is 28.8. The molecule has 1 heterocycles. The molecule has 0 bridgehead atoms. The molecule has 0 aromatic heterocycles. The van der Waals surface area contributed by atoms with Gasteiger partial charge in [0.15, 0.2) is 0 Å².